The van der Waals surface area contributed by atoms with Gasteiger partial charge in [0, 0.05) is 28.5 Å². The lowest BCUT2D eigenvalue weighted by Crippen LogP contribution is -1.82. The van der Waals surface area contributed by atoms with Crippen molar-refractivity contribution in [2.75, 3.05) is 5.73 Å². The van der Waals surface area contributed by atoms with Crippen molar-refractivity contribution >= 4 is 17.0 Å². The molecular weight excluding hydrogens is 240 g/mol. The number of hydrogen-bond acceptors (Lipinski definition) is 3. The summed E-state index contributed by atoms with van der Waals surface area (Å²) < 4.78 is 0. The van der Waals surface area contributed by atoms with Gasteiger partial charge in [-0.1, -0.05) is 18.2 Å². The SMILES string of the molecule is Nc1ccc(-c2cc(-c3cccnc3)cs2)cc1. The third kappa shape index (κ3) is 2.13. The summed E-state index contributed by atoms with van der Waals surface area (Å²) in [7, 11) is 0. The first-order chi connectivity index (χ1) is 8.83. The Balaban J connectivity index is 1.97. The van der Waals surface area contributed by atoms with E-state index in [4.69, 9.17) is 5.73 Å². The van der Waals surface area contributed by atoms with Crippen molar-refractivity contribution in [3.63, 3.8) is 0 Å². The van der Waals surface area contributed by atoms with Crippen LogP contribution in [0.2, 0.25) is 0 Å². The zero-order chi connectivity index (χ0) is 12.4. The lowest BCUT2D eigenvalue weighted by molar-refractivity contribution is 1.33. The molecule has 0 fully saturated rings. The van der Waals surface area contributed by atoms with E-state index in [1.54, 1.807) is 17.5 Å². The Hall–Kier alpha value is -2.13. The molecule has 0 unspecified atom stereocenters. The average molecular weight is 252 g/mol. The second-order valence-electron chi connectivity index (χ2n) is 4.06. The quantitative estimate of drug-likeness (QED) is 0.698. The van der Waals surface area contributed by atoms with E-state index in [1.165, 1.54) is 16.0 Å². The molecule has 88 valence electrons. The summed E-state index contributed by atoms with van der Waals surface area (Å²) >= 11 is 1.73. The maximum Gasteiger partial charge on any atom is 0.0349 e. The molecule has 0 spiro atoms. The highest BCUT2D eigenvalue weighted by Gasteiger charge is 2.04. The first-order valence-electron chi connectivity index (χ1n) is 5.68. The number of anilines is 1. The van der Waals surface area contributed by atoms with Gasteiger partial charge in [0.15, 0.2) is 0 Å². The number of pyridine rings is 1. The van der Waals surface area contributed by atoms with E-state index >= 15 is 0 Å². The van der Waals surface area contributed by atoms with Crippen LogP contribution in [0.4, 0.5) is 5.69 Å². The molecule has 2 N–H and O–H groups in total. The van der Waals surface area contributed by atoms with Crippen molar-refractivity contribution < 1.29 is 0 Å². The predicted molar refractivity (Wildman–Crippen MR) is 77.4 cm³/mol. The van der Waals surface area contributed by atoms with Gasteiger partial charge in [0.05, 0.1) is 0 Å². The van der Waals surface area contributed by atoms with Crippen LogP contribution in [0.3, 0.4) is 0 Å². The third-order valence-electron chi connectivity index (χ3n) is 2.79. The number of nitrogen functional groups attached to an aromatic ring is 1. The van der Waals surface area contributed by atoms with Crippen LogP contribution in [-0.4, -0.2) is 4.98 Å². The Bertz CT molecular complexity index is 642. The zero-order valence-corrected chi connectivity index (χ0v) is 10.5. The maximum atomic E-state index is 5.70. The standard InChI is InChI=1S/C15H12N2S/c16-14-5-3-11(4-6-14)15-8-13(10-18-15)12-2-1-7-17-9-12/h1-10H,16H2. The Morgan fingerprint density at radius 2 is 1.78 bits per heavy atom. The van der Waals surface area contributed by atoms with Crippen LogP contribution in [0.25, 0.3) is 21.6 Å². The number of nitrogens with zero attached hydrogens (tertiary/aromatic N) is 1. The van der Waals surface area contributed by atoms with Gasteiger partial charge in [-0.3, -0.25) is 4.98 Å². The minimum Gasteiger partial charge on any atom is -0.399 e. The molecule has 0 aliphatic carbocycles. The van der Waals surface area contributed by atoms with Gasteiger partial charge in [0.2, 0.25) is 0 Å². The van der Waals surface area contributed by atoms with Gasteiger partial charge >= 0.3 is 0 Å². The van der Waals surface area contributed by atoms with E-state index in [0.29, 0.717) is 0 Å². The molecule has 3 rings (SSSR count). The second kappa shape index (κ2) is 4.63. The van der Waals surface area contributed by atoms with Crippen molar-refractivity contribution in [2.45, 2.75) is 0 Å². The van der Waals surface area contributed by atoms with Gasteiger partial charge in [0.1, 0.15) is 0 Å². The van der Waals surface area contributed by atoms with Gasteiger partial charge in [-0.2, -0.15) is 0 Å². The number of thiophene rings is 1. The molecule has 0 bridgehead atoms. The minimum absolute atomic E-state index is 0.794. The summed E-state index contributed by atoms with van der Waals surface area (Å²) in [6.45, 7) is 0. The summed E-state index contributed by atoms with van der Waals surface area (Å²) in [4.78, 5) is 5.39. The molecule has 0 atom stereocenters. The predicted octanol–water partition coefficient (Wildman–Crippen LogP) is 4.06. The molecule has 0 amide bonds. The number of hydrogen-bond donors (Lipinski definition) is 1. The first-order valence-corrected chi connectivity index (χ1v) is 6.56. The smallest absolute Gasteiger partial charge is 0.0349 e. The second-order valence-corrected chi connectivity index (χ2v) is 4.97. The van der Waals surface area contributed by atoms with Crippen molar-refractivity contribution in [3.8, 4) is 21.6 Å². The zero-order valence-electron chi connectivity index (χ0n) is 9.71. The lowest BCUT2D eigenvalue weighted by Gasteiger charge is -1.98. The molecule has 3 heteroatoms. The molecule has 3 aromatic rings. The van der Waals surface area contributed by atoms with Crippen molar-refractivity contribution in [1.82, 2.24) is 4.98 Å². The Labute approximate surface area is 110 Å². The highest BCUT2D eigenvalue weighted by molar-refractivity contribution is 7.14. The molecule has 2 heterocycles. The van der Waals surface area contributed by atoms with E-state index in [2.05, 4.69) is 22.5 Å². The number of nitrogens with two attached hydrogens (primary N) is 1. The molecule has 1 aromatic carbocycles. The fourth-order valence-corrected chi connectivity index (χ4v) is 2.75. The molecule has 0 saturated carbocycles. The Morgan fingerprint density at radius 3 is 2.50 bits per heavy atom. The van der Waals surface area contributed by atoms with Crippen LogP contribution in [0, 0.1) is 0 Å². The monoisotopic (exact) mass is 252 g/mol. The van der Waals surface area contributed by atoms with Crippen molar-refractivity contribution in [1.29, 1.82) is 0 Å². The Morgan fingerprint density at radius 1 is 0.944 bits per heavy atom. The maximum absolute atomic E-state index is 5.70. The van der Waals surface area contributed by atoms with Crippen LogP contribution in [0.15, 0.2) is 60.2 Å². The molecule has 0 aliphatic heterocycles. The van der Waals surface area contributed by atoms with Gasteiger partial charge in [-0.25, -0.2) is 0 Å². The van der Waals surface area contributed by atoms with E-state index < -0.39 is 0 Å². The number of benzene rings is 1. The van der Waals surface area contributed by atoms with E-state index in [-0.39, 0.29) is 0 Å². The van der Waals surface area contributed by atoms with Crippen LogP contribution in [-0.2, 0) is 0 Å². The van der Waals surface area contributed by atoms with Crippen LogP contribution in [0.5, 0.6) is 0 Å². The van der Waals surface area contributed by atoms with Crippen LogP contribution < -0.4 is 5.73 Å². The van der Waals surface area contributed by atoms with Gasteiger partial charge in [-0.15, -0.1) is 11.3 Å². The van der Waals surface area contributed by atoms with Crippen molar-refractivity contribution in [3.05, 3.63) is 60.2 Å². The largest absolute Gasteiger partial charge is 0.399 e. The van der Waals surface area contributed by atoms with E-state index in [1.807, 2.05) is 36.5 Å². The minimum atomic E-state index is 0.794. The van der Waals surface area contributed by atoms with Crippen LogP contribution in [0.1, 0.15) is 0 Å². The normalized spacial score (nSPS) is 10.4. The molecule has 0 saturated heterocycles. The molecule has 0 aliphatic rings. The van der Waals surface area contributed by atoms with Crippen LogP contribution >= 0.6 is 11.3 Å². The Kier molecular flexibility index (Phi) is 2.82. The van der Waals surface area contributed by atoms with Gasteiger partial charge < -0.3 is 5.73 Å². The summed E-state index contributed by atoms with van der Waals surface area (Å²) in [5.41, 5.74) is 10.0. The van der Waals surface area contributed by atoms with Gasteiger partial charge in [-0.05, 0) is 40.8 Å². The molecule has 18 heavy (non-hydrogen) atoms. The fourth-order valence-electron chi connectivity index (χ4n) is 1.82. The summed E-state index contributed by atoms with van der Waals surface area (Å²) in [5.74, 6) is 0. The number of aromatic nitrogens is 1. The summed E-state index contributed by atoms with van der Waals surface area (Å²) in [5, 5.41) is 2.16. The van der Waals surface area contributed by atoms with E-state index in [9.17, 15) is 0 Å². The molecule has 2 nitrogen and oxygen atoms in total. The fraction of sp³-hybridized carbons (Fsp3) is 0. The average Bonchev–Trinajstić information content (AvgIpc) is 2.90. The summed E-state index contributed by atoms with van der Waals surface area (Å²) in [6, 6.07) is 14.2. The molecular formula is C15H12N2S. The highest BCUT2D eigenvalue weighted by atomic mass is 32.1. The third-order valence-corrected chi connectivity index (χ3v) is 3.77. The lowest BCUT2D eigenvalue weighted by atomic mass is 10.1. The first kappa shape index (κ1) is 11.0. The number of rotatable bonds is 2. The van der Waals surface area contributed by atoms with Gasteiger partial charge in [0.25, 0.3) is 0 Å². The molecule has 2 aromatic heterocycles. The van der Waals surface area contributed by atoms with E-state index in [0.717, 1.165) is 11.3 Å². The summed E-state index contributed by atoms with van der Waals surface area (Å²) in [6.07, 6.45) is 3.67. The molecule has 0 radical (unpaired) electrons. The topological polar surface area (TPSA) is 38.9 Å². The van der Waals surface area contributed by atoms with Crippen molar-refractivity contribution in [2.24, 2.45) is 0 Å². The highest BCUT2D eigenvalue weighted by Crippen LogP contribution is 2.32.